The monoisotopic (exact) mass is 263 g/mol. The first-order chi connectivity index (χ1) is 8.90. The topological polar surface area (TPSA) is 49.2 Å². The minimum atomic E-state index is 0.280. The molecule has 0 amide bonds. The SMILES string of the molecule is OCCCC1CCCN1c1ncnc2ccsc12. The van der Waals surface area contributed by atoms with Gasteiger partial charge in [0.05, 0.1) is 10.2 Å². The fourth-order valence-corrected chi connectivity index (χ4v) is 3.57. The first-order valence-corrected chi connectivity index (χ1v) is 7.34. The van der Waals surface area contributed by atoms with Gasteiger partial charge in [-0.2, -0.15) is 0 Å². The molecule has 1 atom stereocenters. The predicted octanol–water partition coefficient (Wildman–Crippen LogP) is 2.43. The van der Waals surface area contributed by atoms with Crippen molar-refractivity contribution in [3.63, 3.8) is 0 Å². The molecule has 4 nitrogen and oxygen atoms in total. The van der Waals surface area contributed by atoms with E-state index in [0.29, 0.717) is 6.04 Å². The van der Waals surface area contributed by atoms with Gasteiger partial charge in [-0.25, -0.2) is 9.97 Å². The van der Waals surface area contributed by atoms with Gasteiger partial charge in [0, 0.05) is 19.2 Å². The molecule has 2 aromatic rings. The van der Waals surface area contributed by atoms with E-state index in [0.717, 1.165) is 30.7 Å². The Morgan fingerprint density at radius 3 is 3.28 bits per heavy atom. The minimum Gasteiger partial charge on any atom is -0.396 e. The summed E-state index contributed by atoms with van der Waals surface area (Å²) in [6, 6.07) is 2.57. The number of thiophene rings is 1. The lowest BCUT2D eigenvalue weighted by Gasteiger charge is -2.25. The third-order valence-electron chi connectivity index (χ3n) is 3.57. The Hall–Kier alpha value is -1.20. The number of aromatic nitrogens is 2. The van der Waals surface area contributed by atoms with Crippen LogP contribution >= 0.6 is 11.3 Å². The van der Waals surface area contributed by atoms with E-state index in [1.165, 1.54) is 17.5 Å². The number of hydrogen-bond donors (Lipinski definition) is 1. The summed E-state index contributed by atoms with van der Waals surface area (Å²) in [4.78, 5) is 11.2. The molecule has 1 aliphatic heterocycles. The Balaban J connectivity index is 1.90. The van der Waals surface area contributed by atoms with Crippen molar-refractivity contribution in [2.75, 3.05) is 18.1 Å². The molecule has 2 aromatic heterocycles. The summed E-state index contributed by atoms with van der Waals surface area (Å²) in [5.74, 6) is 1.08. The highest BCUT2D eigenvalue weighted by atomic mass is 32.1. The maximum atomic E-state index is 8.98. The largest absolute Gasteiger partial charge is 0.396 e. The van der Waals surface area contributed by atoms with E-state index < -0.39 is 0 Å². The first-order valence-electron chi connectivity index (χ1n) is 6.46. The second-order valence-corrected chi connectivity index (χ2v) is 5.60. The molecule has 3 rings (SSSR count). The summed E-state index contributed by atoms with van der Waals surface area (Å²) in [6.07, 6.45) is 6.00. The summed E-state index contributed by atoms with van der Waals surface area (Å²) in [5, 5.41) is 11.1. The van der Waals surface area contributed by atoms with Crippen LogP contribution in [0.4, 0.5) is 5.82 Å². The summed E-state index contributed by atoms with van der Waals surface area (Å²) < 4.78 is 1.19. The number of rotatable bonds is 4. The second kappa shape index (κ2) is 5.20. The number of aliphatic hydroxyl groups excluding tert-OH is 1. The van der Waals surface area contributed by atoms with Gasteiger partial charge in [-0.3, -0.25) is 0 Å². The van der Waals surface area contributed by atoms with E-state index in [2.05, 4.69) is 20.2 Å². The molecule has 0 radical (unpaired) electrons. The molecule has 1 aliphatic rings. The Labute approximate surface area is 110 Å². The van der Waals surface area contributed by atoms with Crippen LogP contribution in [0.15, 0.2) is 17.8 Å². The van der Waals surface area contributed by atoms with Crippen molar-refractivity contribution < 1.29 is 5.11 Å². The predicted molar refractivity (Wildman–Crippen MR) is 74.1 cm³/mol. The van der Waals surface area contributed by atoms with Crippen molar-refractivity contribution in [1.29, 1.82) is 0 Å². The zero-order valence-electron chi connectivity index (χ0n) is 10.2. The molecule has 1 fully saturated rings. The average Bonchev–Trinajstić information content (AvgIpc) is 3.04. The number of aliphatic hydroxyl groups is 1. The lowest BCUT2D eigenvalue weighted by molar-refractivity contribution is 0.279. The fraction of sp³-hybridized carbons (Fsp3) is 0.538. The van der Waals surface area contributed by atoms with Gasteiger partial charge in [0.2, 0.25) is 0 Å². The molecule has 1 saturated heterocycles. The number of nitrogens with zero attached hydrogens (tertiary/aromatic N) is 3. The molecular weight excluding hydrogens is 246 g/mol. The van der Waals surface area contributed by atoms with Gasteiger partial charge in [0.1, 0.15) is 12.1 Å². The zero-order chi connectivity index (χ0) is 12.4. The molecule has 0 aliphatic carbocycles. The highest BCUT2D eigenvalue weighted by molar-refractivity contribution is 7.17. The van der Waals surface area contributed by atoms with Crippen LogP contribution in [0.1, 0.15) is 25.7 Å². The summed E-state index contributed by atoms with van der Waals surface area (Å²) in [7, 11) is 0. The van der Waals surface area contributed by atoms with Crippen LogP contribution in [0, 0.1) is 0 Å². The van der Waals surface area contributed by atoms with Gasteiger partial charge < -0.3 is 10.0 Å². The van der Waals surface area contributed by atoms with Gasteiger partial charge in [0.15, 0.2) is 0 Å². The molecule has 1 N–H and O–H groups in total. The smallest absolute Gasteiger partial charge is 0.150 e. The lowest BCUT2D eigenvalue weighted by Crippen LogP contribution is -2.30. The first kappa shape index (κ1) is 11.9. The molecule has 5 heteroatoms. The molecule has 1 unspecified atom stereocenters. The third-order valence-corrected chi connectivity index (χ3v) is 4.47. The van der Waals surface area contributed by atoms with Gasteiger partial charge in [-0.15, -0.1) is 11.3 Å². The van der Waals surface area contributed by atoms with E-state index in [1.54, 1.807) is 17.7 Å². The zero-order valence-corrected chi connectivity index (χ0v) is 11.1. The molecule has 0 aromatic carbocycles. The highest BCUT2D eigenvalue weighted by Gasteiger charge is 2.26. The van der Waals surface area contributed by atoms with Crippen molar-refractivity contribution in [1.82, 2.24) is 9.97 Å². The second-order valence-electron chi connectivity index (χ2n) is 4.69. The normalized spacial score (nSPS) is 19.8. The Kier molecular flexibility index (Phi) is 3.43. The van der Waals surface area contributed by atoms with Crippen LogP contribution in [0.3, 0.4) is 0 Å². The van der Waals surface area contributed by atoms with Crippen LogP contribution < -0.4 is 4.90 Å². The van der Waals surface area contributed by atoms with Crippen molar-refractivity contribution in [3.05, 3.63) is 17.8 Å². The van der Waals surface area contributed by atoms with E-state index in [1.807, 2.05) is 6.07 Å². The van der Waals surface area contributed by atoms with Crippen molar-refractivity contribution in [2.45, 2.75) is 31.7 Å². The summed E-state index contributed by atoms with van der Waals surface area (Å²) in [6.45, 7) is 1.35. The van der Waals surface area contributed by atoms with E-state index in [9.17, 15) is 0 Å². The molecule has 3 heterocycles. The molecule has 96 valence electrons. The Morgan fingerprint density at radius 1 is 1.44 bits per heavy atom. The number of fused-ring (bicyclic) bond motifs is 1. The van der Waals surface area contributed by atoms with Gasteiger partial charge in [-0.1, -0.05) is 0 Å². The highest BCUT2D eigenvalue weighted by Crippen LogP contribution is 2.33. The molecule has 0 spiro atoms. The quantitative estimate of drug-likeness (QED) is 0.920. The van der Waals surface area contributed by atoms with Crippen LogP contribution in [-0.2, 0) is 0 Å². The van der Waals surface area contributed by atoms with Gasteiger partial charge in [0.25, 0.3) is 0 Å². The van der Waals surface area contributed by atoms with Crippen molar-refractivity contribution in [2.24, 2.45) is 0 Å². The lowest BCUT2D eigenvalue weighted by atomic mass is 10.1. The molecule has 18 heavy (non-hydrogen) atoms. The van der Waals surface area contributed by atoms with Crippen LogP contribution in [0.25, 0.3) is 10.2 Å². The van der Waals surface area contributed by atoms with Gasteiger partial charge in [-0.05, 0) is 37.1 Å². The van der Waals surface area contributed by atoms with Gasteiger partial charge >= 0.3 is 0 Å². The van der Waals surface area contributed by atoms with E-state index >= 15 is 0 Å². The standard InChI is InChI=1S/C13H17N3OS/c17-7-2-4-10-3-1-6-16(10)13-12-11(5-8-18-12)14-9-15-13/h5,8-10,17H,1-4,6-7H2. The minimum absolute atomic E-state index is 0.280. The molecule has 0 bridgehead atoms. The number of hydrogen-bond acceptors (Lipinski definition) is 5. The maximum absolute atomic E-state index is 8.98. The maximum Gasteiger partial charge on any atom is 0.150 e. The number of anilines is 1. The fourth-order valence-electron chi connectivity index (χ4n) is 2.72. The Bertz CT molecular complexity index is 528. The average molecular weight is 263 g/mol. The van der Waals surface area contributed by atoms with Crippen molar-refractivity contribution >= 4 is 27.4 Å². The van der Waals surface area contributed by atoms with E-state index in [-0.39, 0.29) is 6.61 Å². The van der Waals surface area contributed by atoms with Crippen LogP contribution in [-0.4, -0.2) is 34.3 Å². The third kappa shape index (κ3) is 2.08. The van der Waals surface area contributed by atoms with Crippen molar-refractivity contribution in [3.8, 4) is 0 Å². The van der Waals surface area contributed by atoms with Crippen LogP contribution in [0.5, 0.6) is 0 Å². The Morgan fingerprint density at radius 2 is 2.39 bits per heavy atom. The van der Waals surface area contributed by atoms with Crippen LogP contribution in [0.2, 0.25) is 0 Å². The molecular formula is C13H17N3OS. The summed E-state index contributed by atoms with van der Waals surface area (Å²) >= 11 is 1.71. The summed E-state index contributed by atoms with van der Waals surface area (Å²) in [5.41, 5.74) is 1.04. The molecule has 0 saturated carbocycles. The van der Waals surface area contributed by atoms with E-state index in [4.69, 9.17) is 5.11 Å².